The number of halogens is 3. The van der Waals surface area contributed by atoms with Crippen LogP contribution in [0.25, 0.3) is 0 Å². The molecule has 1 saturated carbocycles. The van der Waals surface area contributed by atoms with Crippen LogP contribution in [-0.2, 0) is 19.1 Å². The molecule has 4 N–H and O–H groups in total. The maximum Gasteiger partial charge on any atom is 0.490 e. The van der Waals surface area contributed by atoms with Crippen LogP contribution in [0.4, 0.5) is 18.0 Å². The molecule has 0 radical (unpaired) electrons. The van der Waals surface area contributed by atoms with Gasteiger partial charge in [-0.25, -0.2) is 14.4 Å². The molecule has 160 valence electrons. The van der Waals surface area contributed by atoms with Gasteiger partial charge in [0.05, 0.1) is 6.04 Å². The number of hydrogen-bond donors (Lipinski definition) is 4. The highest BCUT2D eigenvalue weighted by atomic mass is 19.4. The minimum Gasteiger partial charge on any atom is -0.477 e. The Hall–Kier alpha value is -2.83. The number of alkyl halides is 3. The largest absolute Gasteiger partial charge is 0.490 e. The van der Waals surface area contributed by atoms with E-state index in [2.05, 4.69) is 10.6 Å². The molecule has 3 aliphatic heterocycles. The van der Waals surface area contributed by atoms with Crippen LogP contribution in [0.5, 0.6) is 0 Å². The van der Waals surface area contributed by atoms with Crippen LogP contribution in [-0.4, -0.2) is 76.5 Å². The molecule has 0 bridgehead atoms. The zero-order valence-corrected chi connectivity index (χ0v) is 14.9. The van der Waals surface area contributed by atoms with Gasteiger partial charge in [-0.1, -0.05) is 0 Å². The summed E-state index contributed by atoms with van der Waals surface area (Å²) in [4.78, 5) is 45.4. The molecule has 0 aromatic heterocycles. The number of nitrogens with zero attached hydrogens (tertiary/aromatic N) is 1. The first-order valence-corrected chi connectivity index (χ1v) is 8.76. The molecule has 13 heteroatoms. The monoisotopic (exact) mass is 421 g/mol. The number of alkyl carbamates (subject to hydrolysis) is 1. The minimum atomic E-state index is -5.08. The lowest BCUT2D eigenvalue weighted by Crippen LogP contribution is -2.68. The van der Waals surface area contributed by atoms with Crippen molar-refractivity contribution in [1.29, 1.82) is 0 Å². The van der Waals surface area contributed by atoms with E-state index in [0.717, 1.165) is 12.8 Å². The van der Waals surface area contributed by atoms with Gasteiger partial charge in [0.2, 0.25) is 5.91 Å². The number of β-lactam (4-membered cyclic amide) rings is 1. The molecule has 0 unspecified atom stereocenters. The molecule has 4 rings (SSSR count). The average Bonchev–Trinajstić information content (AvgIpc) is 3.33. The SMILES string of the molecule is O=C(NC1CC1)OCC1=C(C(=O)O)N2C(=O)[C@H]3NC[C@@H](C1)[C@H]32.O=C(O)C(F)(F)F. The summed E-state index contributed by atoms with van der Waals surface area (Å²) in [7, 11) is 0. The molecule has 0 spiro atoms. The Morgan fingerprint density at radius 1 is 1.24 bits per heavy atom. The van der Waals surface area contributed by atoms with Crippen LogP contribution in [0.3, 0.4) is 0 Å². The lowest BCUT2D eigenvalue weighted by atomic mass is 9.79. The summed E-state index contributed by atoms with van der Waals surface area (Å²) in [5.74, 6) is -3.91. The van der Waals surface area contributed by atoms with Crippen molar-refractivity contribution in [3.63, 3.8) is 0 Å². The van der Waals surface area contributed by atoms with Gasteiger partial charge in [0.25, 0.3) is 0 Å². The van der Waals surface area contributed by atoms with Crippen LogP contribution in [0.1, 0.15) is 19.3 Å². The van der Waals surface area contributed by atoms with Crippen molar-refractivity contribution in [3.8, 4) is 0 Å². The van der Waals surface area contributed by atoms with E-state index in [9.17, 15) is 32.7 Å². The molecular weight excluding hydrogens is 403 g/mol. The van der Waals surface area contributed by atoms with Crippen LogP contribution in [0, 0.1) is 5.92 Å². The van der Waals surface area contributed by atoms with Gasteiger partial charge in [0.15, 0.2) is 0 Å². The number of aliphatic carboxylic acids is 2. The second-order valence-electron chi connectivity index (χ2n) is 7.10. The van der Waals surface area contributed by atoms with E-state index in [1.165, 1.54) is 4.90 Å². The molecule has 0 aromatic rings. The molecule has 10 nitrogen and oxygen atoms in total. The van der Waals surface area contributed by atoms with E-state index >= 15 is 0 Å². The molecule has 4 aliphatic rings. The van der Waals surface area contributed by atoms with E-state index in [1.54, 1.807) is 0 Å². The summed E-state index contributed by atoms with van der Waals surface area (Å²) in [6.07, 6.45) is -3.16. The van der Waals surface area contributed by atoms with E-state index in [1.807, 2.05) is 0 Å². The molecule has 2 saturated heterocycles. The molecule has 3 atom stereocenters. The van der Waals surface area contributed by atoms with Crippen molar-refractivity contribution >= 4 is 23.9 Å². The summed E-state index contributed by atoms with van der Waals surface area (Å²) in [5, 5.41) is 22.4. The number of ether oxygens (including phenoxy) is 1. The van der Waals surface area contributed by atoms with E-state index in [-0.39, 0.29) is 42.3 Å². The summed E-state index contributed by atoms with van der Waals surface area (Å²) in [6, 6.07) is -0.129. The number of amides is 2. The molecule has 2 amide bonds. The number of carbonyl (C=O) groups excluding carboxylic acids is 2. The van der Waals surface area contributed by atoms with Crippen LogP contribution >= 0.6 is 0 Å². The Morgan fingerprint density at radius 2 is 1.86 bits per heavy atom. The first kappa shape index (κ1) is 20.9. The maximum atomic E-state index is 12.1. The first-order chi connectivity index (χ1) is 13.5. The highest BCUT2D eigenvalue weighted by Crippen LogP contribution is 2.43. The minimum absolute atomic E-state index is 0.00887. The third kappa shape index (κ3) is 4.28. The van der Waals surface area contributed by atoms with Crippen molar-refractivity contribution in [2.24, 2.45) is 5.92 Å². The molecule has 29 heavy (non-hydrogen) atoms. The van der Waals surface area contributed by atoms with Gasteiger partial charge in [-0.05, 0) is 30.8 Å². The van der Waals surface area contributed by atoms with Gasteiger partial charge < -0.3 is 25.6 Å². The van der Waals surface area contributed by atoms with Crippen LogP contribution < -0.4 is 10.6 Å². The maximum absolute atomic E-state index is 12.1. The van der Waals surface area contributed by atoms with Gasteiger partial charge in [0.1, 0.15) is 18.3 Å². The number of carbonyl (C=O) groups is 4. The predicted molar refractivity (Wildman–Crippen MR) is 86.4 cm³/mol. The highest BCUT2D eigenvalue weighted by Gasteiger charge is 2.59. The molecule has 3 fully saturated rings. The average molecular weight is 421 g/mol. The zero-order valence-electron chi connectivity index (χ0n) is 14.9. The smallest absolute Gasteiger partial charge is 0.477 e. The number of hydrogen-bond acceptors (Lipinski definition) is 6. The summed E-state index contributed by atoms with van der Waals surface area (Å²) < 4.78 is 36.9. The fourth-order valence-electron chi connectivity index (χ4n) is 3.61. The quantitative estimate of drug-likeness (QED) is 0.466. The predicted octanol–water partition coefficient (Wildman–Crippen LogP) is 0.0495. The Bertz CT molecular complexity index is 778. The normalized spacial score (nSPS) is 27.3. The van der Waals surface area contributed by atoms with Gasteiger partial charge in [-0.3, -0.25) is 9.69 Å². The van der Waals surface area contributed by atoms with E-state index in [4.69, 9.17) is 14.6 Å². The molecule has 1 aliphatic carbocycles. The molecule has 3 heterocycles. The Morgan fingerprint density at radius 3 is 2.38 bits per heavy atom. The lowest BCUT2D eigenvalue weighted by molar-refractivity contribution is -0.192. The van der Waals surface area contributed by atoms with Gasteiger partial charge in [-0.15, -0.1) is 0 Å². The second kappa shape index (κ2) is 7.54. The second-order valence-corrected chi connectivity index (χ2v) is 7.10. The topological polar surface area (TPSA) is 145 Å². The Balaban J connectivity index is 0.000000298. The third-order valence-corrected chi connectivity index (χ3v) is 5.03. The lowest BCUT2D eigenvalue weighted by Gasteiger charge is -2.48. The van der Waals surface area contributed by atoms with Crippen molar-refractivity contribution in [1.82, 2.24) is 15.5 Å². The zero-order chi connectivity index (χ0) is 21.5. The number of carboxylic acid groups (broad SMARTS) is 2. The standard InChI is InChI=1S/C14H17N3O5.C2HF3O2/c18-12-9-10-6(4-15-9)3-7(11(13(19)20)17(10)12)5-22-14(21)16-8-1-2-8;3-2(4,5)1(6)7/h6,8-10,15H,1-5H2,(H,16,21)(H,19,20);(H,6,7)/t6-,9+,10-;/m1./s1. The first-order valence-electron chi connectivity index (χ1n) is 8.76. The third-order valence-electron chi connectivity index (χ3n) is 5.03. The highest BCUT2D eigenvalue weighted by molar-refractivity contribution is 6.00. The summed E-state index contributed by atoms with van der Waals surface area (Å²) in [5.41, 5.74) is 0.501. The van der Waals surface area contributed by atoms with Crippen molar-refractivity contribution in [3.05, 3.63) is 11.3 Å². The Labute approximate surface area is 161 Å². The van der Waals surface area contributed by atoms with Gasteiger partial charge >= 0.3 is 24.2 Å². The summed E-state index contributed by atoms with van der Waals surface area (Å²) in [6.45, 7) is 0.597. The van der Waals surface area contributed by atoms with Crippen molar-refractivity contribution in [2.45, 2.75) is 43.6 Å². The summed E-state index contributed by atoms with van der Waals surface area (Å²) >= 11 is 0. The number of carboxylic acids is 2. The van der Waals surface area contributed by atoms with Gasteiger partial charge in [0, 0.05) is 12.6 Å². The Kier molecular flexibility index (Phi) is 5.43. The van der Waals surface area contributed by atoms with E-state index < -0.39 is 24.2 Å². The van der Waals surface area contributed by atoms with Crippen molar-refractivity contribution in [2.75, 3.05) is 13.2 Å². The number of nitrogens with one attached hydrogen (secondary N) is 2. The fraction of sp³-hybridized carbons (Fsp3) is 0.625. The van der Waals surface area contributed by atoms with Crippen LogP contribution in [0.2, 0.25) is 0 Å². The number of rotatable bonds is 4. The fourth-order valence-corrected chi connectivity index (χ4v) is 3.61. The van der Waals surface area contributed by atoms with Crippen LogP contribution in [0.15, 0.2) is 11.3 Å². The molecular formula is C16H18F3N3O7. The van der Waals surface area contributed by atoms with E-state index in [0.29, 0.717) is 18.5 Å². The van der Waals surface area contributed by atoms with Gasteiger partial charge in [-0.2, -0.15) is 13.2 Å². The van der Waals surface area contributed by atoms with Crippen molar-refractivity contribution < 1.29 is 47.3 Å². The molecule has 0 aromatic carbocycles.